The van der Waals surface area contributed by atoms with Crippen LogP contribution in [0.2, 0.25) is 0 Å². The maximum atomic E-state index is 5.15. The number of rotatable bonds is 4. The number of aromatic nitrogens is 4. The van der Waals surface area contributed by atoms with Crippen molar-refractivity contribution in [1.29, 1.82) is 0 Å². The number of nitrogens with zero attached hydrogens (tertiary/aromatic N) is 6. The second kappa shape index (κ2) is 7.41. The van der Waals surface area contributed by atoms with Crippen LogP contribution in [0, 0.1) is 0 Å². The summed E-state index contributed by atoms with van der Waals surface area (Å²) in [5.74, 6) is 2.39. The van der Waals surface area contributed by atoms with E-state index >= 15 is 0 Å². The SMILES string of the molecule is COc1cc(NC2CCN(c3cc4c(nn3)CCN(C)C4)CC2)ncn1. The van der Waals surface area contributed by atoms with Crippen LogP contribution in [0.25, 0.3) is 0 Å². The van der Waals surface area contributed by atoms with Crippen LogP contribution in [-0.2, 0) is 13.0 Å². The third kappa shape index (κ3) is 3.70. The van der Waals surface area contributed by atoms with Gasteiger partial charge in [-0.3, -0.25) is 0 Å². The summed E-state index contributed by atoms with van der Waals surface area (Å²) < 4.78 is 5.15. The van der Waals surface area contributed by atoms with Crippen LogP contribution < -0.4 is 15.0 Å². The fourth-order valence-corrected chi connectivity index (χ4v) is 3.60. The fourth-order valence-electron chi connectivity index (χ4n) is 3.60. The van der Waals surface area contributed by atoms with E-state index in [1.807, 2.05) is 6.07 Å². The highest BCUT2D eigenvalue weighted by Crippen LogP contribution is 2.24. The lowest BCUT2D eigenvalue weighted by molar-refractivity contribution is 0.308. The van der Waals surface area contributed by atoms with Gasteiger partial charge in [0.1, 0.15) is 12.1 Å². The molecule has 0 amide bonds. The molecule has 0 aliphatic carbocycles. The first-order chi connectivity index (χ1) is 12.7. The van der Waals surface area contributed by atoms with Crippen LogP contribution >= 0.6 is 0 Å². The largest absolute Gasteiger partial charge is 0.481 e. The van der Waals surface area contributed by atoms with E-state index in [1.165, 1.54) is 11.9 Å². The summed E-state index contributed by atoms with van der Waals surface area (Å²) >= 11 is 0. The molecule has 2 aromatic rings. The van der Waals surface area contributed by atoms with E-state index in [-0.39, 0.29) is 0 Å². The summed E-state index contributed by atoms with van der Waals surface area (Å²) in [4.78, 5) is 13.0. The highest BCUT2D eigenvalue weighted by atomic mass is 16.5. The van der Waals surface area contributed by atoms with E-state index in [0.29, 0.717) is 11.9 Å². The predicted molar refractivity (Wildman–Crippen MR) is 99.5 cm³/mol. The molecule has 2 aliphatic heterocycles. The molecule has 8 nitrogen and oxygen atoms in total. The van der Waals surface area contributed by atoms with Crippen molar-refractivity contribution < 1.29 is 4.74 Å². The molecule has 2 aliphatic rings. The van der Waals surface area contributed by atoms with Crippen LogP contribution in [0.15, 0.2) is 18.5 Å². The van der Waals surface area contributed by atoms with Crippen LogP contribution in [-0.4, -0.2) is 64.9 Å². The van der Waals surface area contributed by atoms with E-state index in [0.717, 1.165) is 62.8 Å². The number of piperidine rings is 1. The summed E-state index contributed by atoms with van der Waals surface area (Å²) in [5, 5.41) is 12.4. The summed E-state index contributed by atoms with van der Waals surface area (Å²) in [5.41, 5.74) is 2.47. The van der Waals surface area contributed by atoms with Gasteiger partial charge in [0, 0.05) is 44.7 Å². The van der Waals surface area contributed by atoms with Crippen molar-refractivity contribution in [1.82, 2.24) is 25.1 Å². The van der Waals surface area contributed by atoms with E-state index in [4.69, 9.17) is 4.74 Å². The lowest BCUT2D eigenvalue weighted by atomic mass is 10.0. The van der Waals surface area contributed by atoms with Gasteiger partial charge in [-0.2, -0.15) is 5.10 Å². The molecule has 0 bridgehead atoms. The molecule has 0 atom stereocenters. The van der Waals surface area contributed by atoms with Crippen molar-refractivity contribution in [2.45, 2.75) is 31.8 Å². The Balaban J connectivity index is 1.37. The average molecular weight is 355 g/mol. The number of fused-ring (bicyclic) bond motifs is 1. The molecule has 1 fully saturated rings. The van der Waals surface area contributed by atoms with Gasteiger partial charge >= 0.3 is 0 Å². The third-order valence-electron chi connectivity index (χ3n) is 5.14. The van der Waals surface area contributed by atoms with Crippen LogP contribution in [0.4, 0.5) is 11.6 Å². The van der Waals surface area contributed by atoms with E-state index in [9.17, 15) is 0 Å². The maximum Gasteiger partial charge on any atom is 0.218 e. The Morgan fingerprint density at radius 1 is 1.12 bits per heavy atom. The molecule has 0 aromatic carbocycles. The van der Waals surface area contributed by atoms with Gasteiger partial charge in [-0.1, -0.05) is 0 Å². The van der Waals surface area contributed by atoms with Gasteiger partial charge in [-0.05, 0) is 31.5 Å². The minimum absolute atomic E-state index is 0.391. The molecule has 8 heteroatoms. The molecule has 0 unspecified atom stereocenters. The minimum atomic E-state index is 0.391. The van der Waals surface area contributed by atoms with Gasteiger partial charge in [0.25, 0.3) is 0 Å². The first-order valence-corrected chi connectivity index (χ1v) is 9.13. The van der Waals surface area contributed by atoms with Crippen LogP contribution in [0.5, 0.6) is 5.88 Å². The zero-order valence-electron chi connectivity index (χ0n) is 15.4. The highest BCUT2D eigenvalue weighted by Gasteiger charge is 2.23. The third-order valence-corrected chi connectivity index (χ3v) is 5.14. The summed E-state index contributed by atoms with van der Waals surface area (Å²) in [6.07, 6.45) is 4.58. The Kier molecular flexibility index (Phi) is 4.83. The monoisotopic (exact) mass is 355 g/mol. The number of hydrogen-bond donors (Lipinski definition) is 1. The quantitative estimate of drug-likeness (QED) is 0.880. The molecule has 26 heavy (non-hydrogen) atoms. The number of ether oxygens (including phenoxy) is 1. The van der Waals surface area contributed by atoms with E-state index in [1.54, 1.807) is 7.11 Å². The first kappa shape index (κ1) is 17.0. The second-order valence-electron chi connectivity index (χ2n) is 7.01. The van der Waals surface area contributed by atoms with Crippen molar-refractivity contribution in [3.8, 4) is 5.88 Å². The molecule has 2 aromatic heterocycles. The van der Waals surface area contributed by atoms with Gasteiger partial charge < -0.3 is 19.9 Å². The van der Waals surface area contributed by atoms with Crippen LogP contribution in [0.1, 0.15) is 24.1 Å². The molecular formula is C18H25N7O. The molecule has 1 saturated heterocycles. The van der Waals surface area contributed by atoms with Gasteiger partial charge in [0.05, 0.1) is 12.8 Å². The molecule has 138 valence electrons. The summed E-state index contributed by atoms with van der Waals surface area (Å²) in [6, 6.07) is 4.45. The van der Waals surface area contributed by atoms with Gasteiger partial charge in [-0.15, -0.1) is 5.10 Å². The van der Waals surface area contributed by atoms with E-state index in [2.05, 4.69) is 48.4 Å². The molecule has 0 spiro atoms. The van der Waals surface area contributed by atoms with Crippen molar-refractivity contribution in [3.05, 3.63) is 29.7 Å². The topological polar surface area (TPSA) is 79.3 Å². The molecular weight excluding hydrogens is 330 g/mol. The zero-order chi connectivity index (χ0) is 17.9. The average Bonchev–Trinajstić information content (AvgIpc) is 2.68. The standard InChI is InChI=1S/C18H25N7O/c1-24-6-5-15-13(11-24)9-17(23-22-15)25-7-3-14(4-8-25)21-16-10-18(26-2)20-12-19-16/h9-10,12,14H,3-8,11H2,1-2H3,(H,19,20,21). The van der Waals surface area contributed by atoms with Crippen molar-refractivity contribution in [3.63, 3.8) is 0 Å². The fraction of sp³-hybridized carbons (Fsp3) is 0.556. The predicted octanol–water partition coefficient (Wildman–Crippen LogP) is 1.34. The number of anilines is 2. The lowest BCUT2D eigenvalue weighted by Gasteiger charge is -2.34. The number of likely N-dealkylation sites (N-methyl/N-ethyl adjacent to an activating group) is 1. The Morgan fingerprint density at radius 2 is 1.96 bits per heavy atom. The van der Waals surface area contributed by atoms with Gasteiger partial charge in [0.2, 0.25) is 5.88 Å². The molecule has 0 saturated carbocycles. The Hall–Kier alpha value is -2.48. The van der Waals surface area contributed by atoms with Crippen molar-refractivity contribution in [2.24, 2.45) is 0 Å². The second-order valence-corrected chi connectivity index (χ2v) is 7.01. The molecule has 4 rings (SSSR count). The highest BCUT2D eigenvalue weighted by molar-refractivity contribution is 5.43. The van der Waals surface area contributed by atoms with Gasteiger partial charge in [-0.25, -0.2) is 9.97 Å². The molecule has 0 radical (unpaired) electrons. The smallest absolute Gasteiger partial charge is 0.218 e. The summed E-state index contributed by atoms with van der Waals surface area (Å²) in [6.45, 7) is 3.95. The molecule has 1 N–H and O–H groups in total. The first-order valence-electron chi connectivity index (χ1n) is 9.13. The summed E-state index contributed by atoms with van der Waals surface area (Å²) in [7, 11) is 3.77. The Morgan fingerprint density at radius 3 is 2.77 bits per heavy atom. The number of hydrogen-bond acceptors (Lipinski definition) is 8. The lowest BCUT2D eigenvalue weighted by Crippen LogP contribution is -2.40. The number of nitrogens with one attached hydrogen (secondary N) is 1. The van der Waals surface area contributed by atoms with Crippen molar-refractivity contribution in [2.75, 3.05) is 44.0 Å². The Bertz CT molecular complexity index is 761. The van der Waals surface area contributed by atoms with E-state index < -0.39 is 0 Å². The number of methoxy groups -OCH3 is 1. The zero-order valence-corrected chi connectivity index (χ0v) is 15.4. The minimum Gasteiger partial charge on any atom is -0.481 e. The molecule has 4 heterocycles. The van der Waals surface area contributed by atoms with Crippen LogP contribution in [0.3, 0.4) is 0 Å². The Labute approximate surface area is 153 Å². The maximum absolute atomic E-state index is 5.15. The van der Waals surface area contributed by atoms with Crippen molar-refractivity contribution >= 4 is 11.6 Å². The van der Waals surface area contributed by atoms with Gasteiger partial charge in [0.15, 0.2) is 5.82 Å². The normalized spacial score (nSPS) is 18.5.